The van der Waals surface area contributed by atoms with E-state index in [1.165, 1.54) is 14.8 Å². The van der Waals surface area contributed by atoms with Gasteiger partial charge >= 0.3 is 6.03 Å². The average Bonchev–Trinajstić information content (AvgIpc) is 2.69. The van der Waals surface area contributed by atoms with Crippen LogP contribution in [-0.4, -0.2) is 35.1 Å². The van der Waals surface area contributed by atoms with E-state index in [1.807, 2.05) is 30.3 Å². The van der Waals surface area contributed by atoms with Crippen molar-refractivity contribution in [2.24, 2.45) is 0 Å². The summed E-state index contributed by atoms with van der Waals surface area (Å²) < 4.78 is 0. The van der Waals surface area contributed by atoms with Crippen LogP contribution < -0.4 is 10.3 Å². The smallest absolute Gasteiger partial charge is 0.283 e. The number of para-hydroxylation sites is 1. The van der Waals surface area contributed by atoms with Gasteiger partial charge in [0.1, 0.15) is 0 Å². The van der Waals surface area contributed by atoms with E-state index >= 15 is 0 Å². The number of nitrogens with zero attached hydrogens (tertiary/aromatic N) is 3. The molecule has 1 fully saturated rings. The molecule has 2 aliphatic heterocycles. The first kappa shape index (κ1) is 10.8. The molecule has 1 atom stereocenters. The van der Waals surface area contributed by atoms with Gasteiger partial charge in [-0.05, 0) is 12.1 Å². The lowest BCUT2D eigenvalue weighted by Gasteiger charge is -2.29. The van der Waals surface area contributed by atoms with Gasteiger partial charge in [0.2, 0.25) is 0 Å². The monoisotopic (exact) mass is 244 g/mol. The summed E-state index contributed by atoms with van der Waals surface area (Å²) in [6.45, 7) is 0. The molecule has 92 valence electrons. The largest absolute Gasteiger partial charge is 0.340 e. The molecule has 1 aromatic rings. The standard InChI is InChI=1S/C12H12N4O2/c1-14-12(18)16-8-7-15(11(17)10(16)13-14)9-5-3-2-4-6-9/h2-8,10,13H,1H3. The molecule has 0 aliphatic carbocycles. The number of carbonyl (C=O) groups excluding carboxylic acids is 2. The Morgan fingerprint density at radius 2 is 1.83 bits per heavy atom. The molecular formula is C12H12N4O2. The van der Waals surface area contributed by atoms with Crippen LogP contribution in [0.5, 0.6) is 0 Å². The summed E-state index contributed by atoms with van der Waals surface area (Å²) in [5.41, 5.74) is 3.60. The zero-order valence-corrected chi connectivity index (χ0v) is 9.78. The number of anilines is 1. The first-order valence-electron chi connectivity index (χ1n) is 5.57. The second-order valence-corrected chi connectivity index (χ2v) is 4.12. The van der Waals surface area contributed by atoms with E-state index < -0.39 is 6.17 Å². The molecule has 0 aromatic heterocycles. The summed E-state index contributed by atoms with van der Waals surface area (Å²) in [7, 11) is 1.59. The van der Waals surface area contributed by atoms with Crippen molar-refractivity contribution >= 4 is 17.6 Å². The predicted molar refractivity (Wildman–Crippen MR) is 65.0 cm³/mol. The van der Waals surface area contributed by atoms with Crippen LogP contribution in [0.4, 0.5) is 10.5 Å². The zero-order valence-electron chi connectivity index (χ0n) is 9.78. The fraction of sp³-hybridized carbons (Fsp3) is 0.167. The number of nitrogens with one attached hydrogen (secondary N) is 1. The molecular weight excluding hydrogens is 232 g/mol. The fourth-order valence-electron chi connectivity index (χ4n) is 2.05. The minimum absolute atomic E-state index is 0.179. The number of carbonyl (C=O) groups is 2. The normalized spacial score (nSPS) is 22.7. The first-order valence-corrected chi connectivity index (χ1v) is 5.57. The summed E-state index contributed by atoms with van der Waals surface area (Å²) in [5.74, 6) is -0.179. The number of benzene rings is 1. The highest BCUT2D eigenvalue weighted by Gasteiger charge is 2.42. The van der Waals surface area contributed by atoms with Crippen molar-refractivity contribution in [1.82, 2.24) is 15.3 Å². The predicted octanol–water partition coefficient (Wildman–Crippen LogP) is 0.702. The van der Waals surface area contributed by atoms with Gasteiger partial charge in [0.25, 0.3) is 5.91 Å². The van der Waals surface area contributed by atoms with E-state index in [2.05, 4.69) is 5.43 Å². The third-order valence-corrected chi connectivity index (χ3v) is 2.98. The van der Waals surface area contributed by atoms with Crippen LogP contribution in [0.2, 0.25) is 0 Å². The molecule has 2 heterocycles. The van der Waals surface area contributed by atoms with Crippen molar-refractivity contribution in [1.29, 1.82) is 0 Å². The van der Waals surface area contributed by atoms with E-state index in [-0.39, 0.29) is 11.9 Å². The summed E-state index contributed by atoms with van der Waals surface area (Å²) in [5, 5.41) is 1.31. The molecule has 6 heteroatoms. The molecule has 0 saturated carbocycles. The SMILES string of the molecule is CN1NC2C(=O)N(c3ccccc3)C=CN2C1=O. The lowest BCUT2D eigenvalue weighted by Crippen LogP contribution is -2.51. The molecule has 2 aliphatic rings. The van der Waals surface area contributed by atoms with Crippen LogP contribution in [0, 0.1) is 0 Å². The third kappa shape index (κ3) is 1.46. The number of rotatable bonds is 1. The average molecular weight is 244 g/mol. The van der Waals surface area contributed by atoms with E-state index in [4.69, 9.17) is 0 Å². The van der Waals surface area contributed by atoms with Gasteiger partial charge in [-0.15, -0.1) is 0 Å². The quantitative estimate of drug-likeness (QED) is 0.791. The lowest BCUT2D eigenvalue weighted by molar-refractivity contribution is -0.122. The van der Waals surface area contributed by atoms with Crippen molar-refractivity contribution in [3.8, 4) is 0 Å². The number of amides is 3. The lowest BCUT2D eigenvalue weighted by atomic mass is 10.2. The molecule has 3 rings (SSSR count). The molecule has 0 bridgehead atoms. The number of hydrogen-bond acceptors (Lipinski definition) is 3. The Bertz CT molecular complexity index is 528. The van der Waals surface area contributed by atoms with Crippen LogP contribution in [0.15, 0.2) is 42.7 Å². The Balaban J connectivity index is 1.94. The second kappa shape index (κ2) is 3.85. The van der Waals surface area contributed by atoms with Gasteiger partial charge < -0.3 is 0 Å². The Morgan fingerprint density at radius 3 is 2.56 bits per heavy atom. The highest BCUT2D eigenvalue weighted by molar-refractivity contribution is 6.02. The Morgan fingerprint density at radius 1 is 1.11 bits per heavy atom. The van der Waals surface area contributed by atoms with Gasteiger partial charge in [0, 0.05) is 25.1 Å². The molecule has 0 spiro atoms. The molecule has 3 amide bonds. The molecule has 6 nitrogen and oxygen atoms in total. The van der Waals surface area contributed by atoms with Crippen molar-refractivity contribution in [2.75, 3.05) is 11.9 Å². The minimum atomic E-state index is -0.660. The van der Waals surface area contributed by atoms with Gasteiger partial charge in [0.05, 0.1) is 0 Å². The van der Waals surface area contributed by atoms with Crippen molar-refractivity contribution < 1.29 is 9.59 Å². The molecule has 1 saturated heterocycles. The van der Waals surface area contributed by atoms with E-state index in [0.29, 0.717) is 0 Å². The van der Waals surface area contributed by atoms with Crippen LogP contribution in [0.3, 0.4) is 0 Å². The maximum Gasteiger partial charge on any atom is 0.340 e. The third-order valence-electron chi connectivity index (χ3n) is 2.98. The van der Waals surface area contributed by atoms with Gasteiger partial charge in [-0.1, -0.05) is 18.2 Å². The van der Waals surface area contributed by atoms with Crippen molar-refractivity contribution in [3.63, 3.8) is 0 Å². The number of fused-ring (bicyclic) bond motifs is 1. The number of hydrogen-bond donors (Lipinski definition) is 1. The Hall–Kier alpha value is -2.34. The molecule has 1 N–H and O–H groups in total. The first-order chi connectivity index (χ1) is 8.68. The summed E-state index contributed by atoms with van der Waals surface area (Å²) in [6.07, 6.45) is 2.55. The highest BCUT2D eigenvalue weighted by Crippen LogP contribution is 2.23. The van der Waals surface area contributed by atoms with Gasteiger partial charge in [0.15, 0.2) is 6.17 Å². The Kier molecular flexibility index (Phi) is 2.31. The zero-order chi connectivity index (χ0) is 12.7. The summed E-state index contributed by atoms with van der Waals surface area (Å²) >= 11 is 0. The van der Waals surface area contributed by atoms with Crippen molar-refractivity contribution in [3.05, 3.63) is 42.7 Å². The molecule has 1 unspecified atom stereocenters. The van der Waals surface area contributed by atoms with E-state index in [1.54, 1.807) is 19.4 Å². The minimum Gasteiger partial charge on any atom is -0.283 e. The van der Waals surface area contributed by atoms with Gasteiger partial charge in [-0.2, -0.15) is 5.43 Å². The maximum atomic E-state index is 12.3. The molecule has 1 aromatic carbocycles. The number of hydrazine groups is 1. The van der Waals surface area contributed by atoms with E-state index in [0.717, 1.165) is 5.69 Å². The van der Waals surface area contributed by atoms with Crippen molar-refractivity contribution in [2.45, 2.75) is 6.17 Å². The van der Waals surface area contributed by atoms with Crippen LogP contribution >= 0.6 is 0 Å². The Labute approximate surface area is 104 Å². The molecule has 18 heavy (non-hydrogen) atoms. The van der Waals surface area contributed by atoms with Gasteiger partial charge in [-0.3, -0.25) is 19.6 Å². The fourth-order valence-corrected chi connectivity index (χ4v) is 2.05. The summed E-state index contributed by atoms with van der Waals surface area (Å²) in [6, 6.07) is 9.07. The topological polar surface area (TPSA) is 55.9 Å². The van der Waals surface area contributed by atoms with Crippen LogP contribution in [0.25, 0.3) is 0 Å². The highest BCUT2D eigenvalue weighted by atomic mass is 16.2. The number of urea groups is 1. The van der Waals surface area contributed by atoms with Crippen LogP contribution in [-0.2, 0) is 4.79 Å². The maximum absolute atomic E-state index is 12.3. The summed E-state index contributed by atoms with van der Waals surface area (Å²) in [4.78, 5) is 26.9. The second-order valence-electron chi connectivity index (χ2n) is 4.12. The van der Waals surface area contributed by atoms with Gasteiger partial charge in [-0.25, -0.2) is 4.79 Å². The molecule has 0 radical (unpaired) electrons. The van der Waals surface area contributed by atoms with Crippen LogP contribution in [0.1, 0.15) is 0 Å². The van der Waals surface area contributed by atoms with E-state index in [9.17, 15) is 9.59 Å².